The van der Waals surface area contributed by atoms with Crippen LogP contribution in [0.3, 0.4) is 0 Å². The molecule has 136 valence electrons. The van der Waals surface area contributed by atoms with Gasteiger partial charge in [0.2, 0.25) is 0 Å². The van der Waals surface area contributed by atoms with Gasteiger partial charge in [-0.15, -0.1) is 0 Å². The number of aromatic nitrogens is 3. The minimum atomic E-state index is 0.115. The largest absolute Gasteiger partial charge is 0.310 e. The van der Waals surface area contributed by atoms with Crippen molar-refractivity contribution in [2.75, 3.05) is 0 Å². The molecule has 0 atom stereocenters. The molecule has 1 aliphatic rings. The zero-order chi connectivity index (χ0) is 18.3. The van der Waals surface area contributed by atoms with Crippen LogP contribution in [0.1, 0.15) is 43.4 Å². The van der Waals surface area contributed by atoms with Gasteiger partial charge in [0.25, 0.3) is 5.56 Å². The fourth-order valence-corrected chi connectivity index (χ4v) is 3.90. The second-order valence-electron chi connectivity index (χ2n) is 7.51. The molecule has 3 aromatic rings. The minimum Gasteiger partial charge on any atom is -0.310 e. The Hall–Kier alpha value is -2.40. The van der Waals surface area contributed by atoms with Crippen LogP contribution in [0.4, 0.5) is 0 Å². The molecule has 2 aromatic heterocycles. The van der Waals surface area contributed by atoms with Gasteiger partial charge in [0.1, 0.15) is 5.65 Å². The molecule has 1 aromatic carbocycles. The normalized spacial score (nSPS) is 14.2. The van der Waals surface area contributed by atoms with E-state index in [0.717, 1.165) is 54.5 Å². The zero-order valence-corrected chi connectivity index (χ0v) is 15.7. The smallest absolute Gasteiger partial charge is 0.260 e. The third kappa shape index (κ3) is 2.86. The highest BCUT2D eigenvalue weighted by Crippen LogP contribution is 2.27. The van der Waals surface area contributed by atoms with Gasteiger partial charge in [-0.1, -0.05) is 26.0 Å². The lowest BCUT2D eigenvalue weighted by molar-refractivity contribution is 0.589. The summed E-state index contributed by atoms with van der Waals surface area (Å²) in [7, 11) is 1.91. The molecule has 1 aliphatic carbocycles. The van der Waals surface area contributed by atoms with E-state index in [1.165, 1.54) is 11.1 Å². The number of fused-ring (bicyclic) bond motifs is 3. The van der Waals surface area contributed by atoms with E-state index < -0.39 is 0 Å². The van der Waals surface area contributed by atoms with Crippen LogP contribution in [0.5, 0.6) is 0 Å². The molecule has 4 rings (SSSR count). The number of hydrogen-bond acceptors (Lipinski definition) is 3. The summed E-state index contributed by atoms with van der Waals surface area (Å²) < 4.78 is 3.66. The maximum atomic E-state index is 13.3. The molecule has 0 saturated heterocycles. The van der Waals surface area contributed by atoms with Crippen LogP contribution in [0.2, 0.25) is 0 Å². The summed E-state index contributed by atoms with van der Waals surface area (Å²) in [6.45, 7) is 5.11. The van der Waals surface area contributed by atoms with Crippen molar-refractivity contribution in [3.63, 3.8) is 0 Å². The Morgan fingerprint density at radius 2 is 1.81 bits per heavy atom. The van der Waals surface area contributed by atoms with Crippen molar-refractivity contribution in [2.24, 2.45) is 7.05 Å². The van der Waals surface area contributed by atoms with Crippen molar-refractivity contribution in [3.8, 4) is 5.69 Å². The van der Waals surface area contributed by atoms with Crippen LogP contribution >= 0.6 is 0 Å². The van der Waals surface area contributed by atoms with Crippen molar-refractivity contribution < 1.29 is 0 Å². The summed E-state index contributed by atoms with van der Waals surface area (Å²) in [6, 6.07) is 8.73. The Labute approximate surface area is 153 Å². The number of pyridine rings is 1. The average molecular weight is 350 g/mol. The molecule has 5 nitrogen and oxygen atoms in total. The van der Waals surface area contributed by atoms with Gasteiger partial charge in [0.05, 0.1) is 11.9 Å². The van der Waals surface area contributed by atoms with E-state index in [1.807, 2.05) is 34.6 Å². The van der Waals surface area contributed by atoms with Gasteiger partial charge >= 0.3 is 0 Å². The molecule has 0 aliphatic heterocycles. The fourth-order valence-electron chi connectivity index (χ4n) is 3.90. The molecule has 0 spiro atoms. The van der Waals surface area contributed by atoms with Crippen molar-refractivity contribution in [2.45, 2.75) is 52.1 Å². The first kappa shape index (κ1) is 17.0. The van der Waals surface area contributed by atoms with Gasteiger partial charge in [0.15, 0.2) is 0 Å². The number of rotatable bonds is 4. The van der Waals surface area contributed by atoms with Crippen LogP contribution in [-0.4, -0.2) is 20.4 Å². The summed E-state index contributed by atoms with van der Waals surface area (Å²) in [6.07, 6.45) is 6.00. The summed E-state index contributed by atoms with van der Waals surface area (Å²) in [5.41, 5.74) is 5.31. The van der Waals surface area contributed by atoms with Crippen LogP contribution in [0.25, 0.3) is 16.7 Å². The second-order valence-corrected chi connectivity index (χ2v) is 7.51. The van der Waals surface area contributed by atoms with Gasteiger partial charge in [-0.05, 0) is 48.9 Å². The number of nitrogens with one attached hydrogen (secondary N) is 1. The van der Waals surface area contributed by atoms with E-state index in [9.17, 15) is 4.79 Å². The summed E-state index contributed by atoms with van der Waals surface area (Å²) >= 11 is 0. The predicted molar refractivity (Wildman–Crippen MR) is 105 cm³/mol. The Morgan fingerprint density at radius 3 is 2.50 bits per heavy atom. The van der Waals surface area contributed by atoms with Gasteiger partial charge in [-0.2, -0.15) is 5.10 Å². The van der Waals surface area contributed by atoms with Gasteiger partial charge < -0.3 is 5.32 Å². The maximum absolute atomic E-state index is 13.3. The number of nitrogens with zero attached hydrogens (tertiary/aromatic N) is 3. The molecule has 0 saturated carbocycles. The SMILES string of the molecule is CC(C)NCc1ccc(-n2c(=O)c3c(c4cnn(C)c42)CCCC3)cc1. The predicted octanol–water partition coefficient (Wildman–Crippen LogP) is 3.10. The fraction of sp³-hybridized carbons (Fsp3) is 0.429. The number of aryl methyl sites for hydroxylation is 2. The topological polar surface area (TPSA) is 51.9 Å². The van der Waals surface area contributed by atoms with E-state index in [4.69, 9.17) is 0 Å². The lowest BCUT2D eigenvalue weighted by Crippen LogP contribution is -2.27. The first-order valence-corrected chi connectivity index (χ1v) is 9.47. The van der Waals surface area contributed by atoms with Crippen molar-refractivity contribution in [3.05, 3.63) is 57.5 Å². The zero-order valence-electron chi connectivity index (χ0n) is 15.7. The summed E-state index contributed by atoms with van der Waals surface area (Å²) in [5, 5.41) is 8.99. The second kappa shape index (κ2) is 6.72. The van der Waals surface area contributed by atoms with Crippen molar-refractivity contribution in [1.82, 2.24) is 19.7 Å². The minimum absolute atomic E-state index is 0.115. The first-order valence-electron chi connectivity index (χ1n) is 9.47. The highest BCUT2D eigenvalue weighted by Gasteiger charge is 2.22. The van der Waals surface area contributed by atoms with E-state index >= 15 is 0 Å². The van der Waals surface area contributed by atoms with E-state index in [1.54, 1.807) is 0 Å². The van der Waals surface area contributed by atoms with Crippen LogP contribution < -0.4 is 10.9 Å². The molecule has 0 bridgehead atoms. The Kier molecular flexibility index (Phi) is 4.41. The summed E-state index contributed by atoms with van der Waals surface area (Å²) in [4.78, 5) is 13.3. The Bertz CT molecular complexity index is 996. The number of benzene rings is 1. The lowest BCUT2D eigenvalue weighted by atomic mass is 9.91. The summed E-state index contributed by atoms with van der Waals surface area (Å²) in [5.74, 6) is 0. The van der Waals surface area contributed by atoms with E-state index in [2.05, 4.69) is 36.4 Å². The molecule has 2 heterocycles. The lowest BCUT2D eigenvalue weighted by Gasteiger charge is -2.19. The standard InChI is InChI=1S/C21H26N4O/c1-14(2)22-12-15-8-10-16(11-9-15)25-20-19(13-23-24(20)3)17-6-4-5-7-18(17)21(25)26/h8-11,13-14,22H,4-7,12H2,1-3H3. The van der Waals surface area contributed by atoms with E-state index in [-0.39, 0.29) is 5.56 Å². The van der Waals surface area contributed by atoms with Crippen molar-refractivity contribution in [1.29, 1.82) is 0 Å². The van der Waals surface area contributed by atoms with Gasteiger partial charge in [0, 0.05) is 30.6 Å². The molecule has 0 amide bonds. The average Bonchev–Trinajstić information content (AvgIpc) is 3.03. The van der Waals surface area contributed by atoms with Gasteiger partial charge in [-0.3, -0.25) is 14.0 Å². The third-order valence-electron chi connectivity index (χ3n) is 5.28. The Balaban J connectivity index is 1.85. The monoisotopic (exact) mass is 350 g/mol. The molecule has 0 fully saturated rings. The van der Waals surface area contributed by atoms with Crippen molar-refractivity contribution >= 4 is 11.0 Å². The molecule has 0 unspecified atom stereocenters. The third-order valence-corrected chi connectivity index (χ3v) is 5.28. The Morgan fingerprint density at radius 1 is 1.12 bits per heavy atom. The molecule has 26 heavy (non-hydrogen) atoms. The quantitative estimate of drug-likeness (QED) is 0.787. The van der Waals surface area contributed by atoms with Crippen LogP contribution in [0.15, 0.2) is 35.3 Å². The first-order chi connectivity index (χ1) is 12.6. The van der Waals surface area contributed by atoms with Crippen LogP contribution in [-0.2, 0) is 26.4 Å². The molecular weight excluding hydrogens is 324 g/mol. The maximum Gasteiger partial charge on any atom is 0.260 e. The molecule has 1 N–H and O–H groups in total. The number of hydrogen-bond donors (Lipinski definition) is 1. The van der Waals surface area contributed by atoms with Gasteiger partial charge in [-0.25, -0.2) is 0 Å². The molecule has 5 heteroatoms. The molecule has 0 radical (unpaired) electrons. The molecular formula is C21H26N4O. The van der Waals surface area contributed by atoms with Crippen LogP contribution in [0, 0.1) is 0 Å². The highest BCUT2D eigenvalue weighted by atomic mass is 16.1. The van der Waals surface area contributed by atoms with E-state index in [0.29, 0.717) is 6.04 Å². The highest BCUT2D eigenvalue weighted by molar-refractivity contribution is 5.82.